The van der Waals surface area contributed by atoms with Gasteiger partial charge in [0.1, 0.15) is 12.0 Å². The highest BCUT2D eigenvalue weighted by molar-refractivity contribution is 5.96. The largest absolute Gasteiger partial charge is 0.292 e. The molecule has 2 amide bonds. The molecule has 1 aliphatic heterocycles. The van der Waals surface area contributed by atoms with E-state index in [1.807, 2.05) is 26.0 Å². The SMILES string of the molecule is Cc1cc(C)cc(-c2ncn(/C=C\C(=O)N3CCCN3C(=O)c3cnccn3)n2)c1. The fourth-order valence-electron chi connectivity index (χ4n) is 3.40. The number of benzene rings is 1. The molecule has 0 N–H and O–H groups in total. The monoisotopic (exact) mass is 403 g/mol. The van der Waals surface area contributed by atoms with Gasteiger partial charge < -0.3 is 0 Å². The average Bonchev–Trinajstić information content (AvgIpc) is 3.41. The van der Waals surface area contributed by atoms with Crippen LogP contribution in [0.4, 0.5) is 0 Å². The first-order chi connectivity index (χ1) is 14.5. The van der Waals surface area contributed by atoms with Crippen molar-refractivity contribution in [2.75, 3.05) is 13.1 Å². The highest BCUT2D eigenvalue weighted by Crippen LogP contribution is 2.18. The maximum Gasteiger partial charge on any atom is 0.292 e. The molecule has 1 aromatic carbocycles. The van der Waals surface area contributed by atoms with Gasteiger partial charge in [-0.1, -0.05) is 17.2 Å². The predicted molar refractivity (Wildman–Crippen MR) is 110 cm³/mol. The Bertz CT molecular complexity index is 1090. The van der Waals surface area contributed by atoms with Crippen molar-refractivity contribution in [3.05, 3.63) is 66.0 Å². The van der Waals surface area contributed by atoms with Gasteiger partial charge in [-0.05, 0) is 32.4 Å². The van der Waals surface area contributed by atoms with Gasteiger partial charge in [0, 0.05) is 43.3 Å². The molecule has 2 aromatic heterocycles. The molecule has 0 bridgehead atoms. The number of aryl methyl sites for hydroxylation is 2. The highest BCUT2D eigenvalue weighted by atomic mass is 16.2. The molecule has 0 spiro atoms. The van der Waals surface area contributed by atoms with Crippen molar-refractivity contribution < 1.29 is 9.59 Å². The van der Waals surface area contributed by atoms with E-state index in [2.05, 4.69) is 26.1 Å². The molecule has 152 valence electrons. The van der Waals surface area contributed by atoms with E-state index < -0.39 is 0 Å². The van der Waals surface area contributed by atoms with Crippen molar-refractivity contribution >= 4 is 18.0 Å². The van der Waals surface area contributed by atoms with Gasteiger partial charge in [-0.3, -0.25) is 14.6 Å². The van der Waals surface area contributed by atoms with Crippen LogP contribution in [0.5, 0.6) is 0 Å². The zero-order chi connectivity index (χ0) is 21.1. The molecule has 0 unspecified atom stereocenters. The first kappa shape index (κ1) is 19.4. The Labute approximate surface area is 173 Å². The molecule has 9 heteroatoms. The third kappa shape index (κ3) is 4.09. The van der Waals surface area contributed by atoms with Crippen LogP contribution in [0.2, 0.25) is 0 Å². The number of amides is 2. The summed E-state index contributed by atoms with van der Waals surface area (Å²) in [5, 5.41) is 7.23. The van der Waals surface area contributed by atoms with Gasteiger partial charge in [-0.15, -0.1) is 5.10 Å². The fraction of sp³-hybridized carbons (Fsp3) is 0.238. The number of hydrazine groups is 1. The third-order valence-corrected chi connectivity index (χ3v) is 4.66. The van der Waals surface area contributed by atoms with Crippen LogP contribution >= 0.6 is 0 Å². The molecule has 0 radical (unpaired) electrons. The molecular formula is C21H21N7O2. The van der Waals surface area contributed by atoms with Crippen molar-refractivity contribution in [2.24, 2.45) is 0 Å². The third-order valence-electron chi connectivity index (χ3n) is 4.66. The van der Waals surface area contributed by atoms with Crippen LogP contribution in [0.3, 0.4) is 0 Å². The Hall–Kier alpha value is -3.88. The van der Waals surface area contributed by atoms with Gasteiger partial charge in [-0.2, -0.15) is 0 Å². The van der Waals surface area contributed by atoms with Gasteiger partial charge in [0.05, 0.1) is 6.20 Å². The van der Waals surface area contributed by atoms with Gasteiger partial charge in [0.2, 0.25) is 0 Å². The van der Waals surface area contributed by atoms with Crippen molar-refractivity contribution in [1.82, 2.24) is 34.8 Å². The van der Waals surface area contributed by atoms with Crippen molar-refractivity contribution in [2.45, 2.75) is 20.3 Å². The molecule has 3 heterocycles. The van der Waals surface area contributed by atoms with E-state index in [4.69, 9.17) is 0 Å². The van der Waals surface area contributed by atoms with Crippen molar-refractivity contribution in [3.8, 4) is 11.4 Å². The Morgan fingerprint density at radius 2 is 1.77 bits per heavy atom. The summed E-state index contributed by atoms with van der Waals surface area (Å²) in [5.41, 5.74) is 3.39. The van der Waals surface area contributed by atoms with Crippen LogP contribution in [-0.4, -0.2) is 59.7 Å². The number of rotatable bonds is 4. The molecular weight excluding hydrogens is 382 g/mol. The van der Waals surface area contributed by atoms with E-state index in [0.717, 1.165) is 16.7 Å². The summed E-state index contributed by atoms with van der Waals surface area (Å²) in [6, 6.07) is 6.12. The van der Waals surface area contributed by atoms with E-state index in [1.165, 1.54) is 45.6 Å². The number of nitrogens with zero attached hydrogens (tertiary/aromatic N) is 7. The second-order valence-corrected chi connectivity index (χ2v) is 7.07. The maximum atomic E-state index is 12.7. The minimum atomic E-state index is -0.347. The Kier molecular flexibility index (Phi) is 5.34. The fourth-order valence-corrected chi connectivity index (χ4v) is 3.40. The van der Waals surface area contributed by atoms with Crippen LogP contribution in [-0.2, 0) is 4.79 Å². The standard InChI is InChI=1S/C21H21N7O2/c1-15-10-16(2)12-17(11-15)20-24-14-26(25-20)9-4-19(29)27-7-3-8-28(27)21(30)18-13-22-5-6-23-18/h4-6,9-14H,3,7-8H2,1-2H3/b9-4-. The number of carbonyl (C=O) groups excluding carboxylic acids is 2. The average molecular weight is 403 g/mol. The molecule has 30 heavy (non-hydrogen) atoms. The van der Waals surface area contributed by atoms with Gasteiger partial charge in [-0.25, -0.2) is 24.7 Å². The minimum Gasteiger partial charge on any atom is -0.268 e. The molecule has 1 fully saturated rings. The zero-order valence-corrected chi connectivity index (χ0v) is 16.8. The molecule has 4 rings (SSSR count). The topological polar surface area (TPSA) is 97.1 Å². The van der Waals surface area contributed by atoms with Gasteiger partial charge >= 0.3 is 0 Å². The molecule has 3 aromatic rings. The van der Waals surface area contributed by atoms with E-state index in [1.54, 1.807) is 6.33 Å². The van der Waals surface area contributed by atoms with Crippen LogP contribution in [0.1, 0.15) is 28.0 Å². The second kappa shape index (κ2) is 8.24. The Morgan fingerprint density at radius 1 is 1.00 bits per heavy atom. The summed E-state index contributed by atoms with van der Waals surface area (Å²) in [4.78, 5) is 37.6. The summed E-state index contributed by atoms with van der Waals surface area (Å²) in [6.07, 6.45) is 9.50. The molecule has 0 atom stereocenters. The van der Waals surface area contributed by atoms with Crippen LogP contribution in [0.15, 0.2) is 49.2 Å². The van der Waals surface area contributed by atoms with E-state index in [0.29, 0.717) is 25.3 Å². The molecule has 0 saturated carbocycles. The van der Waals surface area contributed by atoms with Crippen molar-refractivity contribution in [1.29, 1.82) is 0 Å². The maximum absolute atomic E-state index is 12.7. The smallest absolute Gasteiger partial charge is 0.268 e. The lowest BCUT2D eigenvalue weighted by Gasteiger charge is -2.26. The zero-order valence-electron chi connectivity index (χ0n) is 16.8. The van der Waals surface area contributed by atoms with Gasteiger partial charge in [0.15, 0.2) is 5.82 Å². The second-order valence-electron chi connectivity index (χ2n) is 7.07. The normalized spacial score (nSPS) is 13.9. The molecule has 1 aliphatic rings. The Balaban J connectivity index is 1.47. The number of hydrogen-bond acceptors (Lipinski definition) is 6. The number of aromatic nitrogens is 5. The highest BCUT2D eigenvalue weighted by Gasteiger charge is 2.31. The molecule has 0 aliphatic carbocycles. The van der Waals surface area contributed by atoms with E-state index in [-0.39, 0.29) is 17.5 Å². The van der Waals surface area contributed by atoms with Crippen LogP contribution < -0.4 is 0 Å². The summed E-state index contributed by atoms with van der Waals surface area (Å²) in [7, 11) is 0. The number of hydrogen-bond donors (Lipinski definition) is 0. The van der Waals surface area contributed by atoms with Crippen LogP contribution in [0.25, 0.3) is 17.6 Å². The van der Waals surface area contributed by atoms with E-state index >= 15 is 0 Å². The van der Waals surface area contributed by atoms with Gasteiger partial charge in [0.25, 0.3) is 11.8 Å². The predicted octanol–water partition coefficient (Wildman–Crippen LogP) is 2.11. The minimum absolute atomic E-state index is 0.204. The summed E-state index contributed by atoms with van der Waals surface area (Å²) in [5.74, 6) is -0.0760. The van der Waals surface area contributed by atoms with Crippen molar-refractivity contribution in [3.63, 3.8) is 0 Å². The molecule has 9 nitrogen and oxygen atoms in total. The first-order valence-corrected chi connectivity index (χ1v) is 9.58. The summed E-state index contributed by atoms with van der Waals surface area (Å²) in [6.45, 7) is 4.96. The lowest BCUT2D eigenvalue weighted by Crippen LogP contribution is -2.44. The lowest BCUT2D eigenvalue weighted by molar-refractivity contribution is -0.134. The first-order valence-electron chi connectivity index (χ1n) is 9.58. The van der Waals surface area contributed by atoms with Crippen LogP contribution in [0, 0.1) is 13.8 Å². The summed E-state index contributed by atoms with van der Waals surface area (Å²) >= 11 is 0. The van der Waals surface area contributed by atoms with E-state index in [9.17, 15) is 9.59 Å². The molecule has 1 saturated heterocycles. The quantitative estimate of drug-likeness (QED) is 0.619. The number of carbonyl (C=O) groups is 2. The Morgan fingerprint density at radius 3 is 2.50 bits per heavy atom. The summed E-state index contributed by atoms with van der Waals surface area (Å²) < 4.78 is 1.48. The lowest BCUT2D eigenvalue weighted by atomic mass is 10.1.